The molecule has 0 aliphatic carbocycles. The zero-order valence-corrected chi connectivity index (χ0v) is 10.4. The van der Waals surface area contributed by atoms with Crippen LogP contribution in [-0.2, 0) is 0 Å². The van der Waals surface area contributed by atoms with E-state index in [4.69, 9.17) is 5.84 Å². The molecule has 1 unspecified atom stereocenters. The second-order valence-corrected chi connectivity index (χ2v) is 4.38. The van der Waals surface area contributed by atoms with E-state index in [0.717, 1.165) is 5.56 Å². The van der Waals surface area contributed by atoms with Gasteiger partial charge < -0.3 is 0 Å². The van der Waals surface area contributed by atoms with Crippen LogP contribution >= 0.6 is 0 Å². The fraction of sp³-hybridized carbons (Fsp3) is 0.214. The number of hydrogen-bond donors (Lipinski definition) is 2. The highest BCUT2D eigenvalue weighted by molar-refractivity contribution is 5.36. The van der Waals surface area contributed by atoms with Crippen LogP contribution in [0.4, 0.5) is 4.39 Å². The van der Waals surface area contributed by atoms with Gasteiger partial charge in [0.1, 0.15) is 5.82 Å². The van der Waals surface area contributed by atoms with Gasteiger partial charge in [-0.2, -0.15) is 0 Å². The van der Waals surface area contributed by atoms with Crippen LogP contribution in [0.1, 0.15) is 28.3 Å². The number of aryl methyl sites for hydroxylation is 2. The molecule has 3 nitrogen and oxygen atoms in total. The van der Waals surface area contributed by atoms with Crippen LogP contribution in [0.2, 0.25) is 0 Å². The second-order valence-electron chi connectivity index (χ2n) is 4.38. The normalized spacial score (nSPS) is 12.4. The van der Waals surface area contributed by atoms with Crippen LogP contribution in [0.15, 0.2) is 36.7 Å². The van der Waals surface area contributed by atoms with Crippen molar-refractivity contribution in [2.24, 2.45) is 5.84 Å². The van der Waals surface area contributed by atoms with Crippen LogP contribution in [0.25, 0.3) is 0 Å². The Hall–Kier alpha value is -1.78. The molecule has 1 aromatic heterocycles. The highest BCUT2D eigenvalue weighted by atomic mass is 19.1. The molecular formula is C14H16FN3. The molecule has 0 aliphatic rings. The number of rotatable bonds is 3. The van der Waals surface area contributed by atoms with Crippen molar-refractivity contribution in [3.63, 3.8) is 0 Å². The van der Waals surface area contributed by atoms with E-state index in [9.17, 15) is 4.39 Å². The van der Waals surface area contributed by atoms with Gasteiger partial charge in [-0.15, -0.1) is 0 Å². The number of pyridine rings is 1. The standard InChI is InChI=1S/C14H16FN3/c1-9-3-4-11(5-10(9)2)14(18-16)12-6-13(15)8-17-7-12/h3-8,14,18H,16H2,1-2H3. The Morgan fingerprint density at radius 1 is 1.11 bits per heavy atom. The highest BCUT2D eigenvalue weighted by Crippen LogP contribution is 2.23. The Balaban J connectivity index is 2.42. The number of hydrazine groups is 1. The molecule has 2 rings (SSSR count). The first kappa shape index (κ1) is 12.7. The van der Waals surface area contributed by atoms with Gasteiger partial charge in [-0.1, -0.05) is 18.2 Å². The predicted molar refractivity (Wildman–Crippen MR) is 69.3 cm³/mol. The third-order valence-corrected chi connectivity index (χ3v) is 3.09. The molecule has 3 N–H and O–H groups in total. The summed E-state index contributed by atoms with van der Waals surface area (Å²) in [6, 6.07) is 7.24. The van der Waals surface area contributed by atoms with Gasteiger partial charge in [0, 0.05) is 6.20 Å². The zero-order chi connectivity index (χ0) is 13.1. The van der Waals surface area contributed by atoms with Crippen LogP contribution in [0.3, 0.4) is 0 Å². The minimum Gasteiger partial charge on any atom is -0.271 e. The lowest BCUT2D eigenvalue weighted by Crippen LogP contribution is -2.29. The van der Waals surface area contributed by atoms with E-state index in [0.29, 0.717) is 5.56 Å². The molecule has 94 valence electrons. The predicted octanol–water partition coefficient (Wildman–Crippen LogP) is 2.39. The van der Waals surface area contributed by atoms with Gasteiger partial charge >= 0.3 is 0 Å². The van der Waals surface area contributed by atoms with Crippen molar-refractivity contribution in [3.05, 3.63) is 64.7 Å². The number of hydrogen-bond acceptors (Lipinski definition) is 3. The van der Waals surface area contributed by atoms with Crippen molar-refractivity contribution in [2.75, 3.05) is 0 Å². The van der Waals surface area contributed by atoms with E-state index in [-0.39, 0.29) is 11.9 Å². The van der Waals surface area contributed by atoms with Crippen LogP contribution < -0.4 is 11.3 Å². The van der Waals surface area contributed by atoms with Crippen molar-refractivity contribution in [1.29, 1.82) is 0 Å². The van der Waals surface area contributed by atoms with Crippen LogP contribution in [0, 0.1) is 19.7 Å². The number of aromatic nitrogens is 1. The van der Waals surface area contributed by atoms with E-state index < -0.39 is 0 Å². The van der Waals surface area contributed by atoms with Gasteiger partial charge in [-0.05, 0) is 42.2 Å². The number of nitrogens with one attached hydrogen (secondary N) is 1. The molecular weight excluding hydrogens is 229 g/mol. The van der Waals surface area contributed by atoms with Gasteiger partial charge in [-0.3, -0.25) is 10.8 Å². The Morgan fingerprint density at radius 2 is 1.89 bits per heavy atom. The molecule has 18 heavy (non-hydrogen) atoms. The number of halogens is 1. The van der Waals surface area contributed by atoms with Gasteiger partial charge in [0.2, 0.25) is 0 Å². The molecule has 1 heterocycles. The molecule has 0 bridgehead atoms. The Labute approximate surface area is 106 Å². The summed E-state index contributed by atoms with van der Waals surface area (Å²) >= 11 is 0. The molecule has 0 saturated carbocycles. The van der Waals surface area contributed by atoms with E-state index in [1.54, 1.807) is 6.20 Å². The van der Waals surface area contributed by atoms with Gasteiger partial charge in [0.05, 0.1) is 12.2 Å². The van der Waals surface area contributed by atoms with Crippen molar-refractivity contribution < 1.29 is 4.39 Å². The van der Waals surface area contributed by atoms with Crippen LogP contribution in [-0.4, -0.2) is 4.98 Å². The second kappa shape index (κ2) is 5.25. The summed E-state index contributed by atoms with van der Waals surface area (Å²) < 4.78 is 13.2. The van der Waals surface area contributed by atoms with E-state index in [1.165, 1.54) is 23.4 Å². The average Bonchev–Trinajstić information content (AvgIpc) is 2.35. The van der Waals surface area contributed by atoms with Gasteiger partial charge in [0.25, 0.3) is 0 Å². The molecule has 4 heteroatoms. The summed E-state index contributed by atoms with van der Waals surface area (Å²) in [6.07, 6.45) is 2.79. The average molecular weight is 245 g/mol. The molecule has 0 fully saturated rings. The molecule has 1 atom stereocenters. The smallest absolute Gasteiger partial charge is 0.141 e. The maximum atomic E-state index is 13.2. The number of nitrogens with zero attached hydrogens (tertiary/aromatic N) is 1. The SMILES string of the molecule is Cc1ccc(C(NN)c2cncc(F)c2)cc1C. The first-order chi connectivity index (χ1) is 8.61. The molecule has 0 spiro atoms. The minimum absolute atomic E-state index is 0.257. The number of nitrogens with two attached hydrogens (primary N) is 1. The lowest BCUT2D eigenvalue weighted by molar-refractivity contribution is 0.597. The number of benzene rings is 1. The molecule has 0 saturated heterocycles. The molecule has 1 aromatic carbocycles. The van der Waals surface area contributed by atoms with Gasteiger partial charge in [0.15, 0.2) is 0 Å². The summed E-state index contributed by atoms with van der Waals surface area (Å²) in [5, 5.41) is 0. The maximum absolute atomic E-state index is 13.2. The Kier molecular flexibility index (Phi) is 3.69. The lowest BCUT2D eigenvalue weighted by Gasteiger charge is -2.17. The quantitative estimate of drug-likeness (QED) is 0.645. The molecule has 2 aromatic rings. The highest BCUT2D eigenvalue weighted by Gasteiger charge is 2.13. The summed E-state index contributed by atoms with van der Waals surface area (Å²) in [5.74, 6) is 5.21. The van der Waals surface area contributed by atoms with E-state index >= 15 is 0 Å². The lowest BCUT2D eigenvalue weighted by atomic mass is 9.97. The van der Waals surface area contributed by atoms with Crippen LogP contribution in [0.5, 0.6) is 0 Å². The topological polar surface area (TPSA) is 50.9 Å². The fourth-order valence-corrected chi connectivity index (χ4v) is 1.92. The maximum Gasteiger partial charge on any atom is 0.141 e. The Morgan fingerprint density at radius 3 is 2.50 bits per heavy atom. The van der Waals surface area contributed by atoms with Crippen molar-refractivity contribution in [2.45, 2.75) is 19.9 Å². The van der Waals surface area contributed by atoms with E-state index in [1.807, 2.05) is 32.0 Å². The summed E-state index contributed by atoms with van der Waals surface area (Å²) in [4.78, 5) is 3.85. The molecule has 0 amide bonds. The zero-order valence-electron chi connectivity index (χ0n) is 10.4. The first-order valence-electron chi connectivity index (χ1n) is 5.75. The van der Waals surface area contributed by atoms with Crippen molar-refractivity contribution in [1.82, 2.24) is 10.4 Å². The fourth-order valence-electron chi connectivity index (χ4n) is 1.92. The third-order valence-electron chi connectivity index (χ3n) is 3.09. The molecule has 0 aliphatic heterocycles. The monoisotopic (exact) mass is 245 g/mol. The Bertz CT molecular complexity index is 554. The van der Waals surface area contributed by atoms with E-state index in [2.05, 4.69) is 10.4 Å². The summed E-state index contributed by atoms with van der Waals surface area (Å²) in [7, 11) is 0. The summed E-state index contributed by atoms with van der Waals surface area (Å²) in [5.41, 5.74) is 6.80. The third kappa shape index (κ3) is 2.55. The van der Waals surface area contributed by atoms with Crippen molar-refractivity contribution >= 4 is 0 Å². The molecule has 0 radical (unpaired) electrons. The van der Waals surface area contributed by atoms with Crippen molar-refractivity contribution in [3.8, 4) is 0 Å². The van der Waals surface area contributed by atoms with Gasteiger partial charge in [-0.25, -0.2) is 9.82 Å². The summed E-state index contributed by atoms with van der Waals surface area (Å²) in [6.45, 7) is 4.09. The minimum atomic E-state index is -0.364. The largest absolute Gasteiger partial charge is 0.271 e. The first-order valence-corrected chi connectivity index (χ1v) is 5.75.